The number of aliphatic carboxylic acids is 1. The molecule has 1 aliphatic carbocycles. The number of hydrogen-bond donors (Lipinski definition) is 1. The van der Waals surface area contributed by atoms with Crippen molar-refractivity contribution in [1.82, 2.24) is 4.90 Å². The van der Waals surface area contributed by atoms with Gasteiger partial charge in [0.25, 0.3) is 0 Å². The van der Waals surface area contributed by atoms with Crippen molar-refractivity contribution < 1.29 is 24.2 Å². The van der Waals surface area contributed by atoms with Crippen LogP contribution in [0.4, 0.5) is 5.69 Å². The summed E-state index contributed by atoms with van der Waals surface area (Å²) in [6.07, 6.45) is 5.26. The molecule has 7 nitrogen and oxygen atoms in total. The molecule has 156 valence electrons. The number of hydrogen-bond acceptors (Lipinski definition) is 5. The molecule has 1 N–H and O–H groups in total. The van der Waals surface area contributed by atoms with E-state index in [-0.39, 0.29) is 23.7 Å². The fraction of sp³-hybridized carbons (Fsp3) is 0.522. The van der Waals surface area contributed by atoms with Gasteiger partial charge < -0.3 is 14.7 Å². The number of fused-ring (bicyclic) bond motifs is 2. The molecule has 2 bridgehead atoms. The third kappa shape index (κ3) is 2.14. The molecule has 0 radical (unpaired) electrons. The number of carboxylic acid groups (broad SMARTS) is 1. The van der Waals surface area contributed by atoms with Gasteiger partial charge in [0.2, 0.25) is 12.2 Å². The van der Waals surface area contributed by atoms with Crippen molar-refractivity contribution in [2.24, 2.45) is 11.8 Å². The second-order valence-electron chi connectivity index (χ2n) is 9.23. The minimum atomic E-state index is -1.43. The number of benzene rings is 1. The first-order valence-corrected chi connectivity index (χ1v) is 10.7. The van der Waals surface area contributed by atoms with Crippen LogP contribution in [0.25, 0.3) is 0 Å². The van der Waals surface area contributed by atoms with Gasteiger partial charge in [0, 0.05) is 29.6 Å². The summed E-state index contributed by atoms with van der Waals surface area (Å²) in [6, 6.07) is 9.64. The molecule has 7 rings (SSSR count). The number of amides is 1. The van der Waals surface area contributed by atoms with E-state index in [1.807, 2.05) is 0 Å². The van der Waals surface area contributed by atoms with Crippen molar-refractivity contribution in [3.05, 3.63) is 41.5 Å². The van der Waals surface area contributed by atoms with Crippen LogP contribution in [0.3, 0.4) is 0 Å². The van der Waals surface area contributed by atoms with Gasteiger partial charge in [-0.25, -0.2) is 4.79 Å². The van der Waals surface area contributed by atoms with Crippen LogP contribution in [-0.2, 0) is 24.5 Å². The van der Waals surface area contributed by atoms with E-state index in [2.05, 4.69) is 40.1 Å². The summed E-state index contributed by atoms with van der Waals surface area (Å²) >= 11 is 0. The van der Waals surface area contributed by atoms with Crippen LogP contribution in [0, 0.1) is 11.8 Å². The first kappa shape index (κ1) is 18.3. The number of carbonyl (C=O) groups is 3. The second kappa shape index (κ2) is 6.25. The van der Waals surface area contributed by atoms with E-state index in [9.17, 15) is 4.79 Å². The molecule has 4 fully saturated rings. The molecule has 6 aliphatic rings. The Morgan fingerprint density at radius 1 is 1.30 bits per heavy atom. The highest BCUT2D eigenvalue weighted by atomic mass is 16.5. The molecule has 30 heavy (non-hydrogen) atoms. The predicted octanol–water partition coefficient (Wildman–Crippen LogP) is 1.36. The molecule has 1 amide bonds. The number of aldehydes is 1. The summed E-state index contributed by atoms with van der Waals surface area (Å²) in [5, 5.41) is 7.35. The monoisotopic (exact) mass is 408 g/mol. The molecular weight excluding hydrogens is 384 g/mol. The molecule has 1 aromatic rings. The Labute approximate surface area is 174 Å². The van der Waals surface area contributed by atoms with E-state index in [0.717, 1.165) is 6.54 Å². The van der Waals surface area contributed by atoms with Gasteiger partial charge in [-0.1, -0.05) is 29.8 Å². The number of carboxylic acids is 1. The van der Waals surface area contributed by atoms with Crippen molar-refractivity contribution in [3.63, 3.8) is 0 Å². The molecule has 0 aromatic heterocycles. The predicted molar refractivity (Wildman–Crippen MR) is 107 cm³/mol. The van der Waals surface area contributed by atoms with Crippen LogP contribution >= 0.6 is 0 Å². The Morgan fingerprint density at radius 2 is 2.10 bits per heavy atom. The standard InChI is InChI=1S/C21H22N2O2.C2H2O3/c24-18-10-16-19-13-9-17-21(6-7-22(17)11-12(13)5-8-25-16)14-3-1-2-4-15(14)23(18)20(19)21;3-1-2(4)5/h1-5,13,16-17,19-20H,6-11H2;1H,(H,4,5). The molecule has 6 atom stereocenters. The van der Waals surface area contributed by atoms with Crippen LogP contribution < -0.4 is 4.90 Å². The lowest BCUT2D eigenvalue weighted by atomic mass is 9.53. The van der Waals surface area contributed by atoms with Gasteiger partial charge in [0.1, 0.15) is 0 Å². The molecule has 5 heterocycles. The first-order valence-electron chi connectivity index (χ1n) is 10.7. The lowest BCUT2D eigenvalue weighted by Gasteiger charge is -2.58. The van der Waals surface area contributed by atoms with E-state index in [0.29, 0.717) is 36.9 Å². The number of piperidine rings is 2. The van der Waals surface area contributed by atoms with Crippen LogP contribution in [0.15, 0.2) is 35.9 Å². The van der Waals surface area contributed by atoms with Gasteiger partial charge in [-0.05, 0) is 36.9 Å². The highest BCUT2D eigenvalue weighted by Gasteiger charge is 2.70. The minimum Gasteiger partial charge on any atom is -0.476 e. The van der Waals surface area contributed by atoms with Crippen LogP contribution in [0.2, 0.25) is 0 Å². The van der Waals surface area contributed by atoms with Crippen LogP contribution in [0.1, 0.15) is 24.8 Å². The lowest BCUT2D eigenvalue weighted by Crippen LogP contribution is -2.69. The number of carbonyl (C=O) groups excluding carboxylic acids is 2. The first-order chi connectivity index (χ1) is 14.6. The normalized spacial score (nSPS) is 39.3. The number of rotatable bonds is 1. The van der Waals surface area contributed by atoms with Crippen molar-refractivity contribution in [1.29, 1.82) is 0 Å². The van der Waals surface area contributed by atoms with E-state index in [1.165, 1.54) is 30.6 Å². The average Bonchev–Trinajstić information content (AvgIpc) is 3.22. The van der Waals surface area contributed by atoms with E-state index >= 15 is 0 Å². The quantitative estimate of drug-likeness (QED) is 0.429. The third-order valence-corrected chi connectivity index (χ3v) is 8.32. The van der Waals surface area contributed by atoms with Crippen molar-refractivity contribution in [3.8, 4) is 0 Å². The highest BCUT2D eigenvalue weighted by molar-refractivity contribution is 6.19. The van der Waals surface area contributed by atoms with Crippen LogP contribution in [0.5, 0.6) is 0 Å². The zero-order valence-corrected chi connectivity index (χ0v) is 16.6. The van der Waals surface area contributed by atoms with Gasteiger partial charge in [-0.2, -0.15) is 0 Å². The van der Waals surface area contributed by atoms with Crippen LogP contribution in [-0.4, -0.2) is 66.1 Å². The molecule has 5 aliphatic heterocycles. The number of para-hydroxylation sites is 1. The maximum atomic E-state index is 13.2. The lowest BCUT2D eigenvalue weighted by molar-refractivity contribution is -0.143. The fourth-order valence-corrected chi connectivity index (χ4v) is 7.51. The Kier molecular flexibility index (Phi) is 3.81. The fourth-order valence-electron chi connectivity index (χ4n) is 7.51. The number of ether oxygens (including phenoxy) is 1. The molecule has 1 saturated carbocycles. The van der Waals surface area contributed by atoms with Crippen molar-refractivity contribution in [2.75, 3.05) is 24.6 Å². The van der Waals surface area contributed by atoms with Gasteiger partial charge in [-0.15, -0.1) is 0 Å². The highest BCUT2D eigenvalue weighted by Crippen LogP contribution is 2.65. The maximum Gasteiger partial charge on any atom is 0.368 e. The number of anilines is 1. The van der Waals surface area contributed by atoms with E-state index in [1.54, 1.807) is 5.57 Å². The molecule has 1 spiro atoms. The Bertz CT molecular complexity index is 990. The van der Waals surface area contributed by atoms with Crippen molar-refractivity contribution in [2.45, 2.75) is 42.9 Å². The molecular formula is C23H24N2O5. The SMILES string of the molecule is O=C1CC2OCC=C3CN4CCC56c7ccccc7N1C5C2C3CC46.O=CC(=O)O. The van der Waals surface area contributed by atoms with E-state index < -0.39 is 5.97 Å². The average molecular weight is 408 g/mol. The minimum absolute atomic E-state index is 0.104. The van der Waals surface area contributed by atoms with Gasteiger partial charge in [0.15, 0.2) is 0 Å². The zero-order valence-electron chi connectivity index (χ0n) is 16.6. The summed E-state index contributed by atoms with van der Waals surface area (Å²) in [5.74, 6) is -0.0762. The molecule has 1 aromatic carbocycles. The van der Waals surface area contributed by atoms with Gasteiger partial charge in [-0.3, -0.25) is 14.5 Å². The summed E-state index contributed by atoms with van der Waals surface area (Å²) in [6.45, 7) is 2.97. The summed E-state index contributed by atoms with van der Waals surface area (Å²) in [4.78, 5) is 36.0. The van der Waals surface area contributed by atoms with Crippen molar-refractivity contribution >= 4 is 23.9 Å². The summed E-state index contributed by atoms with van der Waals surface area (Å²) in [5.41, 5.74) is 4.35. The summed E-state index contributed by atoms with van der Waals surface area (Å²) < 4.78 is 6.25. The number of nitrogens with zero attached hydrogens (tertiary/aromatic N) is 2. The Morgan fingerprint density at radius 3 is 2.90 bits per heavy atom. The molecule has 6 unspecified atom stereocenters. The Hall–Kier alpha value is -2.51. The third-order valence-electron chi connectivity index (χ3n) is 8.32. The molecule has 7 heteroatoms. The van der Waals surface area contributed by atoms with E-state index in [4.69, 9.17) is 19.4 Å². The largest absolute Gasteiger partial charge is 0.476 e. The maximum absolute atomic E-state index is 13.2. The van der Waals surface area contributed by atoms with Gasteiger partial charge in [0.05, 0.1) is 25.2 Å². The summed E-state index contributed by atoms with van der Waals surface area (Å²) in [7, 11) is 0. The van der Waals surface area contributed by atoms with Gasteiger partial charge >= 0.3 is 5.97 Å². The molecule has 3 saturated heterocycles. The zero-order chi connectivity index (χ0) is 20.6. The Balaban J connectivity index is 0.000000318. The topological polar surface area (TPSA) is 87.2 Å². The second-order valence-corrected chi connectivity index (χ2v) is 9.23. The smallest absolute Gasteiger partial charge is 0.368 e.